The normalized spacial score (nSPS) is 26.2. The van der Waals surface area contributed by atoms with Gasteiger partial charge in [-0.2, -0.15) is 0 Å². The van der Waals surface area contributed by atoms with E-state index in [1.165, 1.54) is 12.1 Å². The van der Waals surface area contributed by atoms with Gasteiger partial charge in [0.15, 0.2) is 0 Å². The topological polar surface area (TPSA) is 38.7 Å². The molecule has 3 rings (SSSR count). The number of halogens is 2. The number of aliphatic imine (C=N–C) groups is 1. The van der Waals surface area contributed by atoms with Gasteiger partial charge in [0.05, 0.1) is 18.4 Å². The number of fused-ring (bicyclic) bond motifs is 1. The lowest BCUT2D eigenvalue weighted by Crippen LogP contribution is -2.32. The zero-order chi connectivity index (χ0) is 15.7. The highest BCUT2D eigenvalue weighted by atomic mass is 79.9. The fraction of sp³-hybridized carbons (Fsp3) is 0.294. The molecule has 22 heavy (non-hydrogen) atoms. The molecule has 3 nitrogen and oxygen atoms in total. The molecule has 1 aromatic rings. The van der Waals surface area contributed by atoms with Gasteiger partial charge in [0.25, 0.3) is 0 Å². The number of allylic oxidation sites excluding steroid dienone is 2. The first-order valence-electron chi connectivity index (χ1n) is 7.16. The Balaban J connectivity index is 2.00. The van der Waals surface area contributed by atoms with E-state index < -0.39 is 5.92 Å². The minimum absolute atomic E-state index is 0.0709. The van der Waals surface area contributed by atoms with Crippen molar-refractivity contribution >= 4 is 27.6 Å². The van der Waals surface area contributed by atoms with Gasteiger partial charge in [-0.3, -0.25) is 9.79 Å². The van der Waals surface area contributed by atoms with Gasteiger partial charge >= 0.3 is 5.97 Å². The van der Waals surface area contributed by atoms with Crippen molar-refractivity contribution < 1.29 is 13.9 Å². The predicted molar refractivity (Wildman–Crippen MR) is 86.5 cm³/mol. The minimum Gasteiger partial charge on any atom is -0.465 e. The first-order chi connectivity index (χ1) is 10.6. The number of carbonyl (C=O) groups is 1. The van der Waals surface area contributed by atoms with Crippen molar-refractivity contribution in [3.63, 3.8) is 0 Å². The number of benzene rings is 1. The summed E-state index contributed by atoms with van der Waals surface area (Å²) in [4.78, 5) is 17.1. The van der Waals surface area contributed by atoms with E-state index in [9.17, 15) is 9.18 Å². The van der Waals surface area contributed by atoms with E-state index in [1.807, 2.05) is 18.2 Å². The molecule has 3 atom stereocenters. The summed E-state index contributed by atoms with van der Waals surface area (Å²) in [5.41, 5.74) is 1.42. The number of hydrogen-bond acceptors (Lipinski definition) is 3. The third-order valence-corrected chi connectivity index (χ3v) is 4.38. The van der Waals surface area contributed by atoms with Crippen LogP contribution < -0.4 is 0 Å². The van der Waals surface area contributed by atoms with Gasteiger partial charge in [0.1, 0.15) is 11.7 Å². The minimum atomic E-state index is -0.465. The van der Waals surface area contributed by atoms with Crippen LogP contribution in [0.25, 0.3) is 0 Å². The number of rotatable bonds is 3. The Morgan fingerprint density at radius 1 is 1.36 bits per heavy atom. The second-order valence-corrected chi connectivity index (χ2v) is 6.15. The van der Waals surface area contributed by atoms with E-state index in [0.29, 0.717) is 12.3 Å². The molecule has 0 radical (unpaired) electrons. The van der Waals surface area contributed by atoms with Gasteiger partial charge in [-0.1, -0.05) is 46.3 Å². The van der Waals surface area contributed by atoms with Crippen molar-refractivity contribution in [2.75, 3.05) is 6.61 Å². The molecule has 0 aromatic heterocycles. The summed E-state index contributed by atoms with van der Waals surface area (Å²) in [6, 6.07) is 5.98. The summed E-state index contributed by atoms with van der Waals surface area (Å²) in [6.07, 6.45) is 5.89. The van der Waals surface area contributed by atoms with Crippen LogP contribution in [0.4, 0.5) is 4.39 Å². The maximum Gasteiger partial charge on any atom is 0.315 e. The SMILES string of the molecule is CCOC(=O)C1C(c2ccc(F)cc2)=NC2C=CC(Br)=CC21. The summed E-state index contributed by atoms with van der Waals surface area (Å²) in [7, 11) is 0. The Morgan fingerprint density at radius 3 is 2.77 bits per heavy atom. The molecule has 1 aliphatic heterocycles. The van der Waals surface area contributed by atoms with E-state index in [2.05, 4.69) is 20.9 Å². The monoisotopic (exact) mass is 363 g/mol. The quantitative estimate of drug-likeness (QED) is 0.769. The van der Waals surface area contributed by atoms with Crippen LogP contribution in [0.2, 0.25) is 0 Å². The van der Waals surface area contributed by atoms with Crippen LogP contribution in [-0.2, 0) is 9.53 Å². The fourth-order valence-electron chi connectivity index (χ4n) is 2.88. The maximum atomic E-state index is 13.1. The number of ether oxygens (including phenoxy) is 1. The molecular formula is C17H15BrFNO2. The van der Waals surface area contributed by atoms with E-state index >= 15 is 0 Å². The summed E-state index contributed by atoms with van der Waals surface area (Å²) in [5, 5.41) is 0. The Bertz CT molecular complexity index is 678. The lowest BCUT2D eigenvalue weighted by Gasteiger charge is -2.21. The van der Waals surface area contributed by atoms with Crippen molar-refractivity contribution in [1.29, 1.82) is 0 Å². The van der Waals surface area contributed by atoms with Gasteiger partial charge in [0.2, 0.25) is 0 Å². The van der Waals surface area contributed by atoms with Crippen molar-refractivity contribution in [3.8, 4) is 0 Å². The van der Waals surface area contributed by atoms with Crippen molar-refractivity contribution in [1.82, 2.24) is 0 Å². The van der Waals surface area contributed by atoms with Crippen molar-refractivity contribution in [3.05, 3.63) is 58.4 Å². The number of hydrogen-bond donors (Lipinski definition) is 0. The third-order valence-electron chi connectivity index (χ3n) is 3.85. The smallest absolute Gasteiger partial charge is 0.315 e. The van der Waals surface area contributed by atoms with Crippen LogP contribution in [-0.4, -0.2) is 24.3 Å². The van der Waals surface area contributed by atoms with Gasteiger partial charge in [-0.15, -0.1) is 0 Å². The van der Waals surface area contributed by atoms with Crippen LogP contribution in [0, 0.1) is 17.7 Å². The molecule has 3 unspecified atom stereocenters. The molecule has 0 fully saturated rings. The van der Waals surface area contributed by atoms with E-state index in [4.69, 9.17) is 4.74 Å². The molecular weight excluding hydrogens is 349 g/mol. The lowest BCUT2D eigenvalue weighted by molar-refractivity contribution is -0.146. The summed E-state index contributed by atoms with van der Waals surface area (Å²) in [5.74, 6) is -1.13. The average Bonchev–Trinajstić information content (AvgIpc) is 2.86. The third kappa shape index (κ3) is 2.77. The predicted octanol–water partition coefficient (Wildman–Crippen LogP) is 3.64. The van der Waals surface area contributed by atoms with Crippen LogP contribution in [0.15, 0.2) is 52.0 Å². The van der Waals surface area contributed by atoms with E-state index in [1.54, 1.807) is 19.1 Å². The van der Waals surface area contributed by atoms with Gasteiger partial charge in [-0.25, -0.2) is 4.39 Å². The fourth-order valence-corrected chi connectivity index (χ4v) is 3.34. The highest BCUT2D eigenvalue weighted by Gasteiger charge is 2.43. The Kier molecular flexibility index (Phi) is 4.25. The number of carbonyl (C=O) groups excluding carboxylic acids is 1. The maximum absolute atomic E-state index is 13.1. The molecule has 5 heteroatoms. The molecule has 114 valence electrons. The second-order valence-electron chi connectivity index (χ2n) is 5.23. The molecule has 1 heterocycles. The largest absolute Gasteiger partial charge is 0.465 e. The molecule has 0 saturated heterocycles. The highest BCUT2D eigenvalue weighted by molar-refractivity contribution is 9.11. The van der Waals surface area contributed by atoms with E-state index in [0.717, 1.165) is 10.0 Å². The Labute approximate surface area is 136 Å². The van der Waals surface area contributed by atoms with Gasteiger partial charge < -0.3 is 4.74 Å². The number of nitrogens with zero attached hydrogens (tertiary/aromatic N) is 1. The highest BCUT2D eigenvalue weighted by Crippen LogP contribution is 2.37. The molecule has 1 aromatic carbocycles. The van der Waals surface area contributed by atoms with Crippen LogP contribution in [0.1, 0.15) is 12.5 Å². The van der Waals surface area contributed by atoms with Crippen LogP contribution in [0.3, 0.4) is 0 Å². The summed E-state index contributed by atoms with van der Waals surface area (Å²) < 4.78 is 19.3. The lowest BCUT2D eigenvalue weighted by atomic mass is 9.82. The molecule has 0 saturated carbocycles. The Morgan fingerprint density at radius 2 is 2.09 bits per heavy atom. The molecule has 0 bridgehead atoms. The van der Waals surface area contributed by atoms with E-state index in [-0.39, 0.29) is 23.7 Å². The zero-order valence-corrected chi connectivity index (χ0v) is 13.6. The van der Waals surface area contributed by atoms with Crippen molar-refractivity contribution in [2.24, 2.45) is 16.8 Å². The molecule has 0 N–H and O–H groups in total. The average molecular weight is 364 g/mol. The standard InChI is InChI=1S/C17H15BrFNO2/c1-2-22-17(21)15-13-9-11(18)5-8-14(13)20-16(15)10-3-6-12(19)7-4-10/h3-9,13-15H,2H2,1H3. The Hall–Kier alpha value is -1.75. The van der Waals surface area contributed by atoms with Crippen LogP contribution >= 0.6 is 15.9 Å². The van der Waals surface area contributed by atoms with Gasteiger partial charge in [-0.05, 0) is 24.6 Å². The molecule has 1 aliphatic carbocycles. The summed E-state index contributed by atoms with van der Waals surface area (Å²) in [6.45, 7) is 2.11. The zero-order valence-electron chi connectivity index (χ0n) is 12.0. The van der Waals surface area contributed by atoms with Crippen molar-refractivity contribution in [2.45, 2.75) is 13.0 Å². The van der Waals surface area contributed by atoms with Gasteiger partial charge in [0, 0.05) is 10.4 Å². The number of esters is 1. The molecule has 2 aliphatic rings. The van der Waals surface area contributed by atoms with Crippen LogP contribution in [0.5, 0.6) is 0 Å². The first-order valence-corrected chi connectivity index (χ1v) is 7.95. The molecule has 0 spiro atoms. The second kappa shape index (κ2) is 6.16. The first kappa shape index (κ1) is 15.2. The summed E-state index contributed by atoms with van der Waals surface area (Å²) >= 11 is 3.45. The molecule has 0 amide bonds.